The molecule has 0 saturated heterocycles. The SMILES string of the molecule is CCCN(CCO)S(=O)(=O)c1ccc(-c2coc(C)n2)cc1. The average Bonchev–Trinajstić information content (AvgIpc) is 2.94. The molecule has 0 atom stereocenters. The molecule has 0 aliphatic rings. The molecule has 0 fully saturated rings. The maximum absolute atomic E-state index is 12.5. The molecule has 0 aliphatic heterocycles. The fourth-order valence-electron chi connectivity index (χ4n) is 2.16. The van der Waals surface area contributed by atoms with Gasteiger partial charge in [0.2, 0.25) is 10.0 Å². The van der Waals surface area contributed by atoms with E-state index in [0.29, 0.717) is 24.6 Å². The second-order valence-corrected chi connectivity index (χ2v) is 6.84. The van der Waals surface area contributed by atoms with E-state index in [-0.39, 0.29) is 18.0 Å². The van der Waals surface area contributed by atoms with Crippen LogP contribution in [0, 0.1) is 6.92 Å². The van der Waals surface area contributed by atoms with Crippen molar-refractivity contribution in [3.8, 4) is 11.3 Å². The molecule has 0 bridgehead atoms. The molecule has 0 saturated carbocycles. The first-order valence-corrected chi connectivity index (χ1v) is 8.56. The van der Waals surface area contributed by atoms with Gasteiger partial charge in [-0.2, -0.15) is 4.31 Å². The van der Waals surface area contributed by atoms with Crippen LogP contribution in [-0.2, 0) is 10.0 Å². The third-order valence-corrected chi connectivity index (χ3v) is 5.14. The minimum atomic E-state index is -3.59. The lowest BCUT2D eigenvalue weighted by Crippen LogP contribution is -2.34. The summed E-state index contributed by atoms with van der Waals surface area (Å²) in [6, 6.07) is 6.50. The minimum Gasteiger partial charge on any atom is -0.449 e. The van der Waals surface area contributed by atoms with Crippen LogP contribution in [0.2, 0.25) is 0 Å². The normalized spacial score (nSPS) is 12.0. The molecule has 1 aromatic heterocycles. The Morgan fingerprint density at radius 1 is 1.23 bits per heavy atom. The van der Waals surface area contributed by atoms with Gasteiger partial charge in [0.05, 0.1) is 11.5 Å². The van der Waals surface area contributed by atoms with Gasteiger partial charge >= 0.3 is 0 Å². The zero-order chi connectivity index (χ0) is 16.2. The van der Waals surface area contributed by atoms with Crippen LogP contribution in [0.1, 0.15) is 19.2 Å². The number of benzene rings is 1. The van der Waals surface area contributed by atoms with Crippen LogP contribution >= 0.6 is 0 Å². The number of aromatic nitrogens is 1. The Balaban J connectivity index is 2.28. The molecule has 0 radical (unpaired) electrons. The van der Waals surface area contributed by atoms with E-state index in [1.807, 2.05) is 6.92 Å². The molecule has 2 rings (SSSR count). The summed E-state index contributed by atoms with van der Waals surface area (Å²) >= 11 is 0. The zero-order valence-corrected chi connectivity index (χ0v) is 13.5. The monoisotopic (exact) mass is 324 g/mol. The van der Waals surface area contributed by atoms with E-state index in [2.05, 4.69) is 4.98 Å². The van der Waals surface area contributed by atoms with Crippen LogP contribution in [-0.4, -0.2) is 42.5 Å². The van der Waals surface area contributed by atoms with Crippen LogP contribution in [0.25, 0.3) is 11.3 Å². The lowest BCUT2D eigenvalue weighted by Gasteiger charge is -2.20. The molecule has 0 unspecified atom stereocenters. The number of hydrogen-bond acceptors (Lipinski definition) is 5. The van der Waals surface area contributed by atoms with Crippen LogP contribution in [0.5, 0.6) is 0 Å². The van der Waals surface area contributed by atoms with E-state index in [0.717, 1.165) is 5.56 Å². The van der Waals surface area contributed by atoms with Gasteiger partial charge in [0, 0.05) is 25.6 Å². The van der Waals surface area contributed by atoms with Crippen molar-refractivity contribution in [2.24, 2.45) is 0 Å². The number of nitrogens with zero attached hydrogens (tertiary/aromatic N) is 2. The second-order valence-electron chi connectivity index (χ2n) is 4.90. The molecule has 2 aromatic rings. The number of aliphatic hydroxyl groups is 1. The van der Waals surface area contributed by atoms with E-state index < -0.39 is 10.0 Å². The smallest absolute Gasteiger partial charge is 0.243 e. The number of sulfonamides is 1. The fourth-order valence-corrected chi connectivity index (χ4v) is 3.68. The summed E-state index contributed by atoms with van der Waals surface area (Å²) in [6.45, 7) is 3.93. The number of hydrogen-bond donors (Lipinski definition) is 1. The summed E-state index contributed by atoms with van der Waals surface area (Å²) in [4.78, 5) is 4.41. The first-order valence-electron chi connectivity index (χ1n) is 7.12. The highest BCUT2D eigenvalue weighted by Crippen LogP contribution is 2.22. The lowest BCUT2D eigenvalue weighted by molar-refractivity contribution is 0.253. The molecule has 0 aliphatic carbocycles. The van der Waals surface area contributed by atoms with Crippen molar-refractivity contribution in [1.82, 2.24) is 9.29 Å². The molecule has 1 N–H and O–H groups in total. The highest BCUT2D eigenvalue weighted by Gasteiger charge is 2.23. The third-order valence-electron chi connectivity index (χ3n) is 3.23. The molecule has 120 valence electrons. The molecule has 1 aromatic carbocycles. The summed E-state index contributed by atoms with van der Waals surface area (Å²) in [5.41, 5.74) is 1.46. The van der Waals surface area contributed by atoms with Gasteiger partial charge in [-0.3, -0.25) is 0 Å². The summed E-state index contributed by atoms with van der Waals surface area (Å²) in [6.07, 6.45) is 2.23. The second kappa shape index (κ2) is 7.04. The molecule has 6 nitrogen and oxygen atoms in total. The van der Waals surface area contributed by atoms with Gasteiger partial charge in [-0.1, -0.05) is 19.1 Å². The molecular formula is C15H20N2O4S. The van der Waals surface area contributed by atoms with Gasteiger partial charge in [-0.25, -0.2) is 13.4 Å². The largest absolute Gasteiger partial charge is 0.449 e. The van der Waals surface area contributed by atoms with Crippen molar-refractivity contribution in [2.75, 3.05) is 19.7 Å². The maximum atomic E-state index is 12.5. The van der Waals surface area contributed by atoms with Gasteiger partial charge < -0.3 is 9.52 Å². The number of aliphatic hydroxyl groups excluding tert-OH is 1. The van der Waals surface area contributed by atoms with Gasteiger partial charge in [0.25, 0.3) is 0 Å². The van der Waals surface area contributed by atoms with Crippen molar-refractivity contribution in [1.29, 1.82) is 0 Å². The predicted octanol–water partition coefficient (Wildman–Crippen LogP) is 2.04. The van der Waals surface area contributed by atoms with E-state index in [4.69, 9.17) is 9.52 Å². The Morgan fingerprint density at radius 2 is 1.91 bits per heavy atom. The number of rotatable bonds is 7. The Labute approximate surface area is 130 Å². The molecular weight excluding hydrogens is 304 g/mol. The Morgan fingerprint density at radius 3 is 2.41 bits per heavy atom. The zero-order valence-electron chi connectivity index (χ0n) is 12.7. The van der Waals surface area contributed by atoms with E-state index >= 15 is 0 Å². The summed E-state index contributed by atoms with van der Waals surface area (Å²) in [5.74, 6) is 0.559. The first-order chi connectivity index (χ1) is 10.5. The molecule has 0 spiro atoms. The Bertz CT molecular complexity index is 701. The Kier molecular flexibility index (Phi) is 5.33. The number of aryl methyl sites for hydroxylation is 1. The fraction of sp³-hybridized carbons (Fsp3) is 0.400. The highest BCUT2D eigenvalue weighted by atomic mass is 32.2. The maximum Gasteiger partial charge on any atom is 0.243 e. The topological polar surface area (TPSA) is 83.6 Å². The van der Waals surface area contributed by atoms with Crippen molar-refractivity contribution < 1.29 is 17.9 Å². The van der Waals surface area contributed by atoms with Gasteiger partial charge in [-0.05, 0) is 18.6 Å². The van der Waals surface area contributed by atoms with Crippen molar-refractivity contribution >= 4 is 10.0 Å². The third kappa shape index (κ3) is 3.55. The highest BCUT2D eigenvalue weighted by molar-refractivity contribution is 7.89. The summed E-state index contributed by atoms with van der Waals surface area (Å²) in [5, 5.41) is 9.04. The van der Waals surface area contributed by atoms with Crippen molar-refractivity contribution in [3.63, 3.8) is 0 Å². The molecule has 22 heavy (non-hydrogen) atoms. The van der Waals surface area contributed by atoms with Crippen LogP contribution in [0.15, 0.2) is 39.8 Å². The molecule has 1 heterocycles. The van der Waals surface area contributed by atoms with Crippen LogP contribution < -0.4 is 0 Å². The van der Waals surface area contributed by atoms with Gasteiger partial charge in [0.15, 0.2) is 5.89 Å². The van der Waals surface area contributed by atoms with E-state index in [9.17, 15) is 8.42 Å². The molecule has 7 heteroatoms. The van der Waals surface area contributed by atoms with Crippen LogP contribution in [0.4, 0.5) is 0 Å². The minimum absolute atomic E-state index is 0.0976. The number of oxazole rings is 1. The van der Waals surface area contributed by atoms with Crippen molar-refractivity contribution in [3.05, 3.63) is 36.4 Å². The lowest BCUT2D eigenvalue weighted by atomic mass is 10.2. The quantitative estimate of drug-likeness (QED) is 0.842. The summed E-state index contributed by atoms with van der Waals surface area (Å²) < 4.78 is 31.5. The average molecular weight is 324 g/mol. The first kappa shape index (κ1) is 16.7. The summed E-state index contributed by atoms with van der Waals surface area (Å²) in [7, 11) is -3.59. The van der Waals surface area contributed by atoms with Crippen LogP contribution in [0.3, 0.4) is 0 Å². The van der Waals surface area contributed by atoms with E-state index in [1.54, 1.807) is 31.2 Å². The molecule has 0 amide bonds. The van der Waals surface area contributed by atoms with Gasteiger partial charge in [-0.15, -0.1) is 0 Å². The van der Waals surface area contributed by atoms with Gasteiger partial charge in [0.1, 0.15) is 12.0 Å². The van der Waals surface area contributed by atoms with E-state index in [1.165, 1.54) is 10.6 Å². The Hall–Kier alpha value is -1.70. The standard InChI is InChI=1S/C15H20N2O4S/c1-3-8-17(9-10-18)22(19,20)14-6-4-13(5-7-14)15-11-21-12(2)16-15/h4-7,11,18H,3,8-10H2,1-2H3. The predicted molar refractivity (Wildman–Crippen MR) is 82.8 cm³/mol. The van der Waals surface area contributed by atoms with Crippen molar-refractivity contribution in [2.45, 2.75) is 25.2 Å².